The van der Waals surface area contributed by atoms with Crippen molar-refractivity contribution in [3.8, 4) is 0 Å². The fraction of sp³-hybridized carbons (Fsp3) is 0.500. The van der Waals surface area contributed by atoms with E-state index in [0.29, 0.717) is 0 Å². The second-order valence-corrected chi connectivity index (χ2v) is 5.38. The molecule has 2 aromatic heterocycles. The zero-order chi connectivity index (χ0) is 13.1. The molecule has 5 nitrogen and oxygen atoms in total. The van der Waals surface area contributed by atoms with E-state index in [4.69, 9.17) is 5.84 Å². The van der Waals surface area contributed by atoms with E-state index in [1.54, 1.807) is 11.3 Å². The number of aryl methyl sites for hydroxylation is 3. The first-order valence-corrected chi connectivity index (χ1v) is 6.92. The average molecular weight is 265 g/mol. The number of thiazole rings is 1. The van der Waals surface area contributed by atoms with Crippen LogP contribution >= 0.6 is 11.3 Å². The van der Waals surface area contributed by atoms with Gasteiger partial charge in [-0.25, -0.2) is 4.98 Å². The lowest BCUT2D eigenvalue weighted by atomic mass is 10.1. The van der Waals surface area contributed by atoms with Gasteiger partial charge in [-0.05, 0) is 19.4 Å². The Morgan fingerprint density at radius 2 is 2.33 bits per heavy atom. The summed E-state index contributed by atoms with van der Waals surface area (Å²) >= 11 is 1.64. The van der Waals surface area contributed by atoms with Crippen LogP contribution in [0.1, 0.15) is 35.1 Å². The summed E-state index contributed by atoms with van der Waals surface area (Å²) in [5.41, 5.74) is 6.11. The van der Waals surface area contributed by atoms with Gasteiger partial charge < -0.3 is 0 Å². The quantitative estimate of drug-likeness (QED) is 0.635. The van der Waals surface area contributed by atoms with Crippen LogP contribution in [0.2, 0.25) is 0 Å². The molecule has 2 rings (SSSR count). The molecule has 1 unspecified atom stereocenters. The van der Waals surface area contributed by atoms with Crippen molar-refractivity contribution in [3.63, 3.8) is 0 Å². The Labute approximate surface area is 111 Å². The molecule has 2 aromatic rings. The first-order valence-electron chi connectivity index (χ1n) is 6.04. The minimum absolute atomic E-state index is 0.0371. The van der Waals surface area contributed by atoms with Crippen molar-refractivity contribution in [1.82, 2.24) is 20.2 Å². The minimum atomic E-state index is 0.0371. The number of rotatable bonds is 5. The van der Waals surface area contributed by atoms with Crippen LogP contribution < -0.4 is 11.3 Å². The molecule has 6 heteroatoms. The van der Waals surface area contributed by atoms with E-state index in [0.717, 1.165) is 29.2 Å². The van der Waals surface area contributed by atoms with Crippen LogP contribution in [0.4, 0.5) is 0 Å². The summed E-state index contributed by atoms with van der Waals surface area (Å²) < 4.78 is 1.92. The molecule has 0 aliphatic carbocycles. The van der Waals surface area contributed by atoms with Gasteiger partial charge in [-0.15, -0.1) is 11.3 Å². The standard InChI is InChI=1S/C12H19N5S/c1-4-9-5-10(17(3)16-9)6-11(15-13)12-7-18-8(2)14-12/h5,7,11,15H,4,6,13H2,1-3H3. The van der Waals surface area contributed by atoms with Crippen LogP contribution in [-0.2, 0) is 19.9 Å². The third-order valence-corrected chi connectivity index (χ3v) is 3.79. The molecule has 98 valence electrons. The molecule has 0 aromatic carbocycles. The van der Waals surface area contributed by atoms with Crippen LogP contribution in [0, 0.1) is 6.92 Å². The monoisotopic (exact) mass is 265 g/mol. The first kappa shape index (κ1) is 13.2. The fourth-order valence-electron chi connectivity index (χ4n) is 1.93. The summed E-state index contributed by atoms with van der Waals surface area (Å²) in [5.74, 6) is 5.64. The summed E-state index contributed by atoms with van der Waals surface area (Å²) in [4.78, 5) is 4.48. The van der Waals surface area contributed by atoms with Gasteiger partial charge in [-0.3, -0.25) is 16.0 Å². The van der Waals surface area contributed by atoms with Crippen molar-refractivity contribution in [1.29, 1.82) is 0 Å². The number of hydrazine groups is 1. The van der Waals surface area contributed by atoms with Gasteiger partial charge >= 0.3 is 0 Å². The SMILES string of the molecule is CCc1cc(CC(NN)c2csc(C)n2)n(C)n1. The molecule has 18 heavy (non-hydrogen) atoms. The molecule has 0 fully saturated rings. The molecule has 0 radical (unpaired) electrons. The van der Waals surface area contributed by atoms with Crippen LogP contribution in [0.5, 0.6) is 0 Å². The van der Waals surface area contributed by atoms with Gasteiger partial charge in [0, 0.05) is 24.5 Å². The highest BCUT2D eigenvalue weighted by Gasteiger charge is 2.16. The lowest BCUT2D eigenvalue weighted by Gasteiger charge is -2.13. The lowest BCUT2D eigenvalue weighted by molar-refractivity contribution is 0.520. The number of nitrogens with zero attached hydrogens (tertiary/aromatic N) is 3. The molecule has 2 heterocycles. The zero-order valence-corrected chi connectivity index (χ0v) is 11.8. The normalized spacial score (nSPS) is 12.9. The molecule has 0 aliphatic heterocycles. The molecule has 0 saturated carbocycles. The van der Waals surface area contributed by atoms with Crippen molar-refractivity contribution in [2.24, 2.45) is 12.9 Å². The number of nitrogens with two attached hydrogens (primary N) is 1. The molecular formula is C12H19N5S. The lowest BCUT2D eigenvalue weighted by Crippen LogP contribution is -2.30. The molecule has 0 amide bonds. The van der Waals surface area contributed by atoms with E-state index in [-0.39, 0.29) is 6.04 Å². The maximum atomic E-state index is 5.64. The Bertz CT molecular complexity index is 516. The second kappa shape index (κ2) is 5.60. The van der Waals surface area contributed by atoms with Crippen molar-refractivity contribution in [2.45, 2.75) is 32.7 Å². The maximum absolute atomic E-state index is 5.64. The van der Waals surface area contributed by atoms with Gasteiger partial charge in [0.15, 0.2) is 0 Å². The van der Waals surface area contributed by atoms with E-state index >= 15 is 0 Å². The minimum Gasteiger partial charge on any atom is -0.272 e. The van der Waals surface area contributed by atoms with Gasteiger partial charge in [0.2, 0.25) is 0 Å². The average Bonchev–Trinajstić information content (AvgIpc) is 2.93. The Morgan fingerprint density at radius 3 is 2.83 bits per heavy atom. The number of hydrogen-bond donors (Lipinski definition) is 2. The van der Waals surface area contributed by atoms with Crippen LogP contribution in [0.3, 0.4) is 0 Å². The van der Waals surface area contributed by atoms with E-state index < -0.39 is 0 Å². The van der Waals surface area contributed by atoms with E-state index in [1.165, 1.54) is 5.69 Å². The number of hydrogen-bond acceptors (Lipinski definition) is 5. The Morgan fingerprint density at radius 1 is 1.56 bits per heavy atom. The largest absolute Gasteiger partial charge is 0.272 e. The first-order chi connectivity index (χ1) is 8.63. The molecule has 3 N–H and O–H groups in total. The third-order valence-electron chi connectivity index (χ3n) is 3.00. The highest BCUT2D eigenvalue weighted by atomic mass is 32.1. The second-order valence-electron chi connectivity index (χ2n) is 4.32. The van der Waals surface area contributed by atoms with Crippen molar-refractivity contribution >= 4 is 11.3 Å². The highest BCUT2D eigenvalue weighted by molar-refractivity contribution is 7.09. The molecular weight excluding hydrogens is 246 g/mol. The summed E-state index contributed by atoms with van der Waals surface area (Å²) in [5, 5.41) is 7.56. The van der Waals surface area contributed by atoms with Crippen molar-refractivity contribution < 1.29 is 0 Å². The van der Waals surface area contributed by atoms with Crippen molar-refractivity contribution in [2.75, 3.05) is 0 Å². The van der Waals surface area contributed by atoms with Gasteiger partial charge in [-0.2, -0.15) is 5.10 Å². The topological polar surface area (TPSA) is 68.8 Å². The predicted octanol–water partition coefficient (Wildman–Crippen LogP) is 1.49. The highest BCUT2D eigenvalue weighted by Crippen LogP contribution is 2.20. The summed E-state index contributed by atoms with van der Waals surface area (Å²) in [6, 6.07) is 2.17. The summed E-state index contributed by atoms with van der Waals surface area (Å²) in [6.07, 6.45) is 1.74. The van der Waals surface area contributed by atoms with Gasteiger partial charge in [0.1, 0.15) is 0 Å². The van der Waals surface area contributed by atoms with Crippen LogP contribution in [-0.4, -0.2) is 14.8 Å². The zero-order valence-electron chi connectivity index (χ0n) is 11.0. The van der Waals surface area contributed by atoms with E-state index in [9.17, 15) is 0 Å². The summed E-state index contributed by atoms with van der Waals surface area (Å²) in [6.45, 7) is 4.11. The number of nitrogens with one attached hydrogen (secondary N) is 1. The van der Waals surface area contributed by atoms with Crippen LogP contribution in [0.15, 0.2) is 11.4 Å². The van der Waals surface area contributed by atoms with Gasteiger partial charge in [0.25, 0.3) is 0 Å². The Hall–Kier alpha value is -1.24. The van der Waals surface area contributed by atoms with E-state index in [1.807, 2.05) is 18.7 Å². The smallest absolute Gasteiger partial charge is 0.0898 e. The third kappa shape index (κ3) is 2.77. The Kier molecular flexibility index (Phi) is 4.11. The van der Waals surface area contributed by atoms with Gasteiger partial charge in [-0.1, -0.05) is 6.92 Å². The predicted molar refractivity (Wildman–Crippen MR) is 73.2 cm³/mol. The molecule has 0 bridgehead atoms. The van der Waals surface area contributed by atoms with E-state index in [2.05, 4.69) is 33.9 Å². The fourth-order valence-corrected chi connectivity index (χ4v) is 2.60. The molecule has 0 saturated heterocycles. The van der Waals surface area contributed by atoms with Crippen molar-refractivity contribution in [3.05, 3.63) is 33.5 Å². The number of aromatic nitrogens is 3. The maximum Gasteiger partial charge on any atom is 0.0898 e. The van der Waals surface area contributed by atoms with Gasteiger partial charge in [0.05, 0.1) is 22.4 Å². The van der Waals surface area contributed by atoms with Crippen LogP contribution in [0.25, 0.3) is 0 Å². The summed E-state index contributed by atoms with van der Waals surface area (Å²) in [7, 11) is 1.97. The molecule has 1 atom stereocenters. The molecule has 0 spiro atoms. The molecule has 0 aliphatic rings. The Balaban J connectivity index is 2.17.